The summed E-state index contributed by atoms with van der Waals surface area (Å²) in [5, 5.41) is 0. The van der Waals surface area contributed by atoms with Gasteiger partial charge in [0.2, 0.25) is 15.9 Å². The Bertz CT molecular complexity index is 616. The van der Waals surface area contributed by atoms with Crippen LogP contribution in [-0.4, -0.2) is 44.6 Å². The Morgan fingerprint density at radius 1 is 1.38 bits per heavy atom. The van der Waals surface area contributed by atoms with Crippen molar-refractivity contribution in [1.82, 2.24) is 9.62 Å². The highest BCUT2D eigenvalue weighted by Crippen LogP contribution is 2.27. The molecule has 1 amide bonds. The summed E-state index contributed by atoms with van der Waals surface area (Å²) in [5.74, 6) is -0.347. The maximum atomic E-state index is 12.9. The van der Waals surface area contributed by atoms with Crippen LogP contribution in [0.2, 0.25) is 0 Å². The number of amides is 1. The average Bonchev–Trinajstić information content (AvgIpc) is 2.86. The summed E-state index contributed by atoms with van der Waals surface area (Å²) in [7, 11) is -3.41. The maximum absolute atomic E-state index is 12.9. The maximum Gasteiger partial charge on any atom is 0.240 e. The van der Waals surface area contributed by atoms with Gasteiger partial charge in [-0.2, -0.15) is 0 Å². The highest BCUT2D eigenvalue weighted by molar-refractivity contribution is 7.88. The number of carbonyl (C=O) groups excluding carboxylic acids is 1. The molecule has 116 valence electrons. The van der Waals surface area contributed by atoms with Crippen molar-refractivity contribution < 1.29 is 17.6 Å². The van der Waals surface area contributed by atoms with E-state index in [0.29, 0.717) is 13.1 Å². The number of likely N-dealkylation sites (tertiary alicyclic amines) is 1. The average molecular weight is 314 g/mol. The standard InChI is InChI=1S/C14H19FN2O3S/c1-10(16-21(2,19)20)14(18)17-8-7-12(9-17)11-3-5-13(15)6-4-11/h3-6,10,12,16H,7-9H2,1-2H3/t10-,12+/m0/s1. The van der Waals surface area contributed by atoms with E-state index in [9.17, 15) is 17.6 Å². The van der Waals surface area contributed by atoms with Crippen molar-refractivity contribution in [3.8, 4) is 0 Å². The predicted molar refractivity (Wildman–Crippen MR) is 77.8 cm³/mol. The Morgan fingerprint density at radius 3 is 2.57 bits per heavy atom. The van der Waals surface area contributed by atoms with Crippen LogP contribution in [0.25, 0.3) is 0 Å². The molecule has 2 atom stereocenters. The minimum atomic E-state index is -3.41. The number of halogens is 1. The summed E-state index contributed by atoms with van der Waals surface area (Å²) in [6.45, 7) is 2.64. The van der Waals surface area contributed by atoms with Crippen molar-refractivity contribution in [1.29, 1.82) is 0 Å². The Hall–Kier alpha value is -1.47. The van der Waals surface area contributed by atoms with Gasteiger partial charge in [-0.3, -0.25) is 4.79 Å². The summed E-state index contributed by atoms with van der Waals surface area (Å²) >= 11 is 0. The fourth-order valence-corrected chi connectivity index (χ4v) is 3.36. The molecule has 1 aliphatic rings. The van der Waals surface area contributed by atoms with Gasteiger partial charge >= 0.3 is 0 Å². The minimum absolute atomic E-state index is 0.167. The van der Waals surface area contributed by atoms with Gasteiger partial charge in [-0.15, -0.1) is 0 Å². The molecule has 1 saturated heterocycles. The van der Waals surface area contributed by atoms with Crippen LogP contribution in [0.4, 0.5) is 4.39 Å². The Labute approximate surface area is 124 Å². The third kappa shape index (κ3) is 4.25. The highest BCUT2D eigenvalue weighted by Gasteiger charge is 2.30. The van der Waals surface area contributed by atoms with Crippen LogP contribution in [0, 0.1) is 5.82 Å². The van der Waals surface area contributed by atoms with Crippen LogP contribution in [0.1, 0.15) is 24.8 Å². The molecule has 0 saturated carbocycles. The zero-order valence-electron chi connectivity index (χ0n) is 12.0. The van der Waals surface area contributed by atoms with E-state index in [1.54, 1.807) is 17.0 Å². The quantitative estimate of drug-likeness (QED) is 0.904. The van der Waals surface area contributed by atoms with E-state index in [4.69, 9.17) is 0 Å². The summed E-state index contributed by atoms with van der Waals surface area (Å²) in [4.78, 5) is 13.8. The van der Waals surface area contributed by atoms with E-state index in [0.717, 1.165) is 18.2 Å². The first-order valence-electron chi connectivity index (χ1n) is 6.78. The molecule has 1 heterocycles. The highest BCUT2D eigenvalue weighted by atomic mass is 32.2. The Balaban J connectivity index is 1.98. The van der Waals surface area contributed by atoms with Gasteiger partial charge in [0.1, 0.15) is 5.82 Å². The normalized spacial score (nSPS) is 20.5. The van der Waals surface area contributed by atoms with Gasteiger partial charge in [0.25, 0.3) is 0 Å². The molecule has 1 aromatic rings. The van der Waals surface area contributed by atoms with Gasteiger partial charge in [0.15, 0.2) is 0 Å². The van der Waals surface area contributed by atoms with E-state index >= 15 is 0 Å². The first-order valence-corrected chi connectivity index (χ1v) is 8.67. The van der Waals surface area contributed by atoms with Gasteiger partial charge < -0.3 is 4.90 Å². The van der Waals surface area contributed by atoms with Crippen LogP contribution in [0.3, 0.4) is 0 Å². The monoisotopic (exact) mass is 314 g/mol. The molecule has 0 radical (unpaired) electrons. The number of nitrogens with one attached hydrogen (secondary N) is 1. The van der Waals surface area contributed by atoms with Crippen LogP contribution < -0.4 is 4.72 Å². The van der Waals surface area contributed by atoms with Crippen molar-refractivity contribution in [2.24, 2.45) is 0 Å². The smallest absolute Gasteiger partial charge is 0.240 e. The first kappa shape index (κ1) is 15.9. The zero-order valence-corrected chi connectivity index (χ0v) is 12.9. The minimum Gasteiger partial charge on any atom is -0.341 e. The van der Waals surface area contributed by atoms with E-state index in [-0.39, 0.29) is 17.6 Å². The Morgan fingerprint density at radius 2 is 2.00 bits per heavy atom. The molecule has 0 bridgehead atoms. The SMILES string of the molecule is C[C@H](NS(C)(=O)=O)C(=O)N1CC[C@@H](c2ccc(F)cc2)C1. The van der Waals surface area contributed by atoms with Crippen molar-refractivity contribution in [3.05, 3.63) is 35.6 Å². The molecule has 5 nitrogen and oxygen atoms in total. The second-order valence-electron chi connectivity index (χ2n) is 5.43. The largest absolute Gasteiger partial charge is 0.341 e. The van der Waals surface area contributed by atoms with E-state index in [1.165, 1.54) is 19.1 Å². The lowest BCUT2D eigenvalue weighted by molar-refractivity contribution is -0.131. The molecule has 0 aliphatic carbocycles. The molecular formula is C14H19FN2O3S. The molecule has 1 fully saturated rings. The number of nitrogens with zero attached hydrogens (tertiary/aromatic N) is 1. The Kier molecular flexibility index (Phi) is 4.63. The summed E-state index contributed by atoms with van der Waals surface area (Å²) in [5.41, 5.74) is 0.996. The number of rotatable bonds is 4. The summed E-state index contributed by atoms with van der Waals surface area (Å²) in [6.07, 6.45) is 1.82. The number of benzene rings is 1. The van der Waals surface area contributed by atoms with E-state index in [1.807, 2.05) is 0 Å². The fraction of sp³-hybridized carbons (Fsp3) is 0.500. The number of sulfonamides is 1. The molecule has 0 spiro atoms. The molecule has 7 heteroatoms. The number of carbonyl (C=O) groups is 1. The zero-order chi connectivity index (χ0) is 15.6. The summed E-state index contributed by atoms with van der Waals surface area (Å²) in [6, 6.07) is 5.51. The number of hydrogen-bond acceptors (Lipinski definition) is 3. The van der Waals surface area contributed by atoms with Crippen LogP contribution in [0.5, 0.6) is 0 Å². The third-order valence-corrected chi connectivity index (χ3v) is 4.38. The molecule has 0 aromatic heterocycles. The third-order valence-electron chi connectivity index (χ3n) is 3.60. The molecular weight excluding hydrogens is 295 g/mol. The molecule has 2 rings (SSSR count). The van der Waals surface area contributed by atoms with Gasteiger partial charge in [-0.25, -0.2) is 17.5 Å². The van der Waals surface area contributed by atoms with Crippen molar-refractivity contribution in [2.45, 2.75) is 25.3 Å². The van der Waals surface area contributed by atoms with Crippen molar-refractivity contribution >= 4 is 15.9 Å². The van der Waals surface area contributed by atoms with Crippen molar-refractivity contribution in [2.75, 3.05) is 19.3 Å². The molecule has 1 aromatic carbocycles. The van der Waals surface area contributed by atoms with Gasteiger partial charge in [0, 0.05) is 19.0 Å². The van der Waals surface area contributed by atoms with Crippen LogP contribution in [-0.2, 0) is 14.8 Å². The van der Waals surface area contributed by atoms with Crippen LogP contribution in [0.15, 0.2) is 24.3 Å². The first-order chi connectivity index (χ1) is 9.76. The summed E-state index contributed by atoms with van der Waals surface area (Å²) < 4.78 is 37.5. The van der Waals surface area contributed by atoms with Gasteiger partial charge in [0.05, 0.1) is 12.3 Å². The van der Waals surface area contributed by atoms with Crippen molar-refractivity contribution in [3.63, 3.8) is 0 Å². The molecule has 21 heavy (non-hydrogen) atoms. The topological polar surface area (TPSA) is 66.5 Å². The lowest BCUT2D eigenvalue weighted by Gasteiger charge is -2.21. The molecule has 0 unspecified atom stereocenters. The van der Waals surface area contributed by atoms with Crippen LogP contribution >= 0.6 is 0 Å². The molecule has 1 aliphatic heterocycles. The van der Waals surface area contributed by atoms with Gasteiger partial charge in [-0.05, 0) is 31.0 Å². The fourth-order valence-electron chi connectivity index (χ4n) is 2.61. The predicted octanol–water partition coefficient (Wildman–Crippen LogP) is 1.08. The van der Waals surface area contributed by atoms with E-state index in [2.05, 4.69) is 4.72 Å². The lowest BCUT2D eigenvalue weighted by atomic mass is 9.99. The number of hydrogen-bond donors (Lipinski definition) is 1. The second-order valence-corrected chi connectivity index (χ2v) is 7.21. The van der Waals surface area contributed by atoms with Gasteiger partial charge in [-0.1, -0.05) is 12.1 Å². The molecule has 1 N–H and O–H groups in total. The van der Waals surface area contributed by atoms with E-state index < -0.39 is 16.1 Å². The second kappa shape index (κ2) is 6.11. The lowest BCUT2D eigenvalue weighted by Crippen LogP contribution is -2.45.